The van der Waals surface area contributed by atoms with Gasteiger partial charge in [0.1, 0.15) is 42.6 Å². The number of aliphatic hydroxyl groups excluding tert-OH is 4. The number of nitrogens with one attached hydrogen (secondary N) is 2. The second-order valence-corrected chi connectivity index (χ2v) is 31.7. The highest BCUT2D eigenvalue weighted by Gasteiger charge is 2.54. The van der Waals surface area contributed by atoms with Crippen LogP contribution in [-0.4, -0.2) is 147 Å². The molecule has 0 aromatic carbocycles. The maximum Gasteiger partial charge on any atom is 0.470 e. The van der Waals surface area contributed by atoms with E-state index >= 15 is 0 Å². The van der Waals surface area contributed by atoms with Crippen LogP contribution in [0.4, 0.5) is 0 Å². The molecule has 2 aliphatic rings. The Morgan fingerprint density at radius 1 is 0.404 bits per heavy atom. The topological polar surface area (TPSA) is 312 Å². The summed E-state index contributed by atoms with van der Waals surface area (Å²) in [6.07, 6.45) is 38.0. The third-order valence-electron chi connectivity index (χ3n) is 20.8. The van der Waals surface area contributed by atoms with Crippen LogP contribution in [0.3, 0.4) is 0 Å². The van der Waals surface area contributed by atoms with Gasteiger partial charge in [0.05, 0.1) is 32.2 Å². The van der Waals surface area contributed by atoms with Crippen molar-refractivity contribution in [2.45, 2.75) is 481 Å². The smallest absolute Gasteiger partial charge is 0.462 e. The van der Waals surface area contributed by atoms with Gasteiger partial charge < -0.3 is 69.3 Å². The predicted octanol–water partition coefficient (Wildman–Crippen LogP) is 18.1. The summed E-state index contributed by atoms with van der Waals surface area (Å²) >= 11 is 0. The number of ether oxygens (including phenoxy) is 6. The van der Waals surface area contributed by atoms with Crippen molar-refractivity contribution in [2.24, 2.45) is 0 Å². The first-order valence-electron chi connectivity index (χ1n) is 42.9. The van der Waals surface area contributed by atoms with E-state index < -0.39 is 137 Å². The third-order valence-corrected chi connectivity index (χ3v) is 21.3. The van der Waals surface area contributed by atoms with Crippen molar-refractivity contribution in [1.29, 1.82) is 0 Å². The van der Waals surface area contributed by atoms with Crippen molar-refractivity contribution in [1.82, 2.24) is 10.6 Å². The van der Waals surface area contributed by atoms with E-state index in [-0.39, 0.29) is 19.3 Å². The van der Waals surface area contributed by atoms with E-state index in [1.165, 1.54) is 148 Å². The Labute approximate surface area is 630 Å². The molecule has 2 fully saturated rings. The van der Waals surface area contributed by atoms with Gasteiger partial charge in [0.25, 0.3) is 0 Å². The van der Waals surface area contributed by atoms with Gasteiger partial charge in [-0.25, -0.2) is 4.57 Å². The Bertz CT molecular complexity index is 2140. The lowest BCUT2D eigenvalue weighted by molar-refractivity contribution is -0.298. The van der Waals surface area contributed by atoms with Gasteiger partial charge in [-0.15, -0.1) is 0 Å². The highest BCUT2D eigenvalue weighted by atomic mass is 31.2. The fourth-order valence-corrected chi connectivity index (χ4v) is 14.9. The minimum atomic E-state index is -5.50. The number of aliphatic hydroxyl groups is 4. The highest BCUT2D eigenvalue weighted by molar-refractivity contribution is 7.46. The summed E-state index contributed by atoms with van der Waals surface area (Å²) in [6, 6.07) is -3.11. The lowest BCUT2D eigenvalue weighted by Crippen LogP contribution is -2.67. The molecular formula is C82H155N2O19P. The summed E-state index contributed by atoms with van der Waals surface area (Å²) in [5.74, 6) is -3.36. The molecule has 0 aliphatic carbocycles. The molecule has 612 valence electrons. The van der Waals surface area contributed by atoms with E-state index in [0.29, 0.717) is 44.9 Å². The molecule has 2 saturated heterocycles. The molecule has 2 amide bonds. The highest BCUT2D eigenvalue weighted by Crippen LogP contribution is 2.43. The van der Waals surface area contributed by atoms with Crippen LogP contribution in [0, 0.1) is 0 Å². The molecule has 21 nitrogen and oxygen atoms in total. The summed E-state index contributed by atoms with van der Waals surface area (Å²) < 4.78 is 54.9. The van der Waals surface area contributed by atoms with Crippen molar-refractivity contribution < 1.29 is 91.7 Å². The summed E-state index contributed by atoms with van der Waals surface area (Å²) in [7, 11) is -5.50. The van der Waals surface area contributed by atoms with Gasteiger partial charge >= 0.3 is 25.7 Å². The van der Waals surface area contributed by atoms with Crippen molar-refractivity contribution in [3.8, 4) is 0 Å². The number of hydrogen-bond acceptors (Lipinski definition) is 17. The molecule has 2 aliphatic heterocycles. The largest absolute Gasteiger partial charge is 0.470 e. The Balaban J connectivity index is 2.50. The monoisotopic (exact) mass is 1500 g/mol. The van der Waals surface area contributed by atoms with Gasteiger partial charge in [0.15, 0.2) is 24.8 Å². The Morgan fingerprint density at radius 3 is 1.14 bits per heavy atom. The minimum absolute atomic E-state index is 0.0197. The molecule has 0 saturated carbocycles. The maximum absolute atomic E-state index is 14.6. The quantitative estimate of drug-likeness (QED) is 0.0121. The molecule has 8 N–H and O–H groups in total. The SMILES string of the molecule is CCCCCCCCCCCCCC(=O)NC1C(O)OC(COC2OC(CO)C(OP(=O)(O)O)C(OC(=O)CC(CCCCCCCCCCC)OC(=O)CCCCCCCCCCCCC)C2NC(=O)CCCCCCCCCCCCC)C(O)C1OC(=O)CC(O)CCCCCCCCCCC. The normalized spacial score (nSPS) is 21.2. The fourth-order valence-electron chi connectivity index (χ4n) is 14.4. The zero-order chi connectivity index (χ0) is 76.1. The van der Waals surface area contributed by atoms with Crippen molar-refractivity contribution >= 4 is 37.5 Å². The van der Waals surface area contributed by atoms with Gasteiger partial charge in [-0.2, -0.15) is 0 Å². The van der Waals surface area contributed by atoms with E-state index in [2.05, 4.69) is 45.3 Å². The van der Waals surface area contributed by atoms with E-state index in [4.69, 9.17) is 32.9 Å². The zero-order valence-corrected chi connectivity index (χ0v) is 67.2. The Morgan fingerprint density at radius 2 is 0.750 bits per heavy atom. The molecular weight excluding hydrogens is 1350 g/mol. The third kappa shape index (κ3) is 50.1. The number of phosphoric acid groups is 1. The number of amides is 2. The Kier molecular flexibility index (Phi) is 60.7. The fraction of sp³-hybridized carbons (Fsp3) is 0.939. The first kappa shape index (κ1) is 97.3. The maximum atomic E-state index is 14.6. The summed E-state index contributed by atoms with van der Waals surface area (Å²) in [4.78, 5) is 90.8. The summed E-state index contributed by atoms with van der Waals surface area (Å²) in [5, 5.41) is 51.6. The number of esters is 3. The van der Waals surface area contributed by atoms with Crippen LogP contribution < -0.4 is 10.6 Å². The molecule has 12 unspecified atom stereocenters. The summed E-state index contributed by atoms with van der Waals surface area (Å²) in [5.41, 5.74) is 0. The van der Waals surface area contributed by atoms with Gasteiger partial charge in [-0.1, -0.05) is 336 Å². The summed E-state index contributed by atoms with van der Waals surface area (Å²) in [6.45, 7) is 9.30. The van der Waals surface area contributed by atoms with Crippen molar-refractivity contribution in [2.75, 3.05) is 13.2 Å². The van der Waals surface area contributed by atoms with Crippen LogP contribution in [0.2, 0.25) is 0 Å². The number of rotatable bonds is 71. The number of carbonyl (C=O) groups excluding carboxylic acids is 5. The molecule has 0 aromatic heterocycles. The average molecular weight is 1500 g/mol. The molecule has 22 heteroatoms. The second kappa shape index (κ2) is 64.9. The van der Waals surface area contributed by atoms with E-state index in [0.717, 1.165) is 148 Å². The zero-order valence-electron chi connectivity index (χ0n) is 66.3. The second-order valence-electron chi connectivity index (χ2n) is 30.5. The average Bonchev–Trinajstić information content (AvgIpc) is 0.783. The van der Waals surface area contributed by atoms with Crippen LogP contribution in [0.25, 0.3) is 0 Å². The first-order chi connectivity index (χ1) is 50.4. The first-order valence-corrected chi connectivity index (χ1v) is 44.4. The number of hydrogen-bond donors (Lipinski definition) is 8. The number of carbonyl (C=O) groups is 5. The standard InChI is InChI=1S/C82H155N2O19P/c1-6-11-16-21-26-31-34-39-44-49-54-59-70(87)83-75-79(101-73(90)62-66(86)57-52-47-42-37-29-24-19-14-9-4)77(92)69(99-81(75)93)65-97-82-76(84-71(88)60-55-50-45-40-35-32-27-22-17-12-7-2)80(78(68(64-85)100-82)103-104(94,95)96)102-74(91)63-67(58-53-48-43-38-30-25-20-15-10-5)98-72(89)61-56-51-46-41-36-33-28-23-18-13-8-3/h66-69,75-82,85-86,92-93H,6-65H2,1-5H3,(H,83,87)(H,84,88)(H2,94,95,96). The Hall–Kier alpha value is -2.82. The molecule has 2 heterocycles. The van der Waals surface area contributed by atoms with E-state index in [1.807, 2.05) is 0 Å². The van der Waals surface area contributed by atoms with Gasteiger partial charge in [-0.3, -0.25) is 28.5 Å². The molecule has 0 aromatic rings. The van der Waals surface area contributed by atoms with Crippen LogP contribution in [0.15, 0.2) is 0 Å². The molecule has 0 bridgehead atoms. The van der Waals surface area contributed by atoms with E-state index in [9.17, 15) is 58.8 Å². The molecule has 0 radical (unpaired) electrons. The van der Waals surface area contributed by atoms with Crippen LogP contribution in [0.1, 0.15) is 407 Å². The lowest BCUT2D eigenvalue weighted by atomic mass is 9.95. The van der Waals surface area contributed by atoms with Crippen molar-refractivity contribution in [3.63, 3.8) is 0 Å². The molecule has 0 spiro atoms. The van der Waals surface area contributed by atoms with Gasteiger partial charge in [-0.05, 0) is 38.5 Å². The van der Waals surface area contributed by atoms with Crippen LogP contribution in [-0.2, 0) is 61.5 Å². The van der Waals surface area contributed by atoms with Crippen LogP contribution in [0.5, 0.6) is 0 Å². The van der Waals surface area contributed by atoms with Crippen LogP contribution >= 0.6 is 7.82 Å². The van der Waals surface area contributed by atoms with Crippen molar-refractivity contribution in [3.05, 3.63) is 0 Å². The molecule has 104 heavy (non-hydrogen) atoms. The minimum Gasteiger partial charge on any atom is -0.462 e. The van der Waals surface area contributed by atoms with Gasteiger partial charge in [0, 0.05) is 19.3 Å². The molecule has 2 rings (SSSR count). The van der Waals surface area contributed by atoms with E-state index in [1.54, 1.807) is 0 Å². The van der Waals surface area contributed by atoms with Gasteiger partial charge in [0.2, 0.25) is 11.8 Å². The predicted molar refractivity (Wildman–Crippen MR) is 411 cm³/mol. The number of unbranched alkanes of at least 4 members (excludes halogenated alkanes) is 46. The molecule has 12 atom stereocenters. The lowest BCUT2D eigenvalue weighted by Gasteiger charge is -2.46. The number of phosphoric ester groups is 1.